The minimum Gasteiger partial charge on any atom is -0.335 e. The molecule has 0 aliphatic carbocycles. The SMILES string of the molecule is Cl.O=C(c1n[nH]c2c1CNCC2)N1CCN(CC(F)(F)F)CC1. The number of halogens is 4. The Morgan fingerprint density at radius 1 is 1.22 bits per heavy atom. The van der Waals surface area contributed by atoms with Gasteiger partial charge in [0.25, 0.3) is 5.91 Å². The largest absolute Gasteiger partial charge is 0.401 e. The molecule has 2 aliphatic heterocycles. The van der Waals surface area contributed by atoms with Crippen LogP contribution >= 0.6 is 12.4 Å². The molecule has 23 heavy (non-hydrogen) atoms. The van der Waals surface area contributed by atoms with Crippen LogP contribution in [0.15, 0.2) is 0 Å². The Hall–Kier alpha value is -1.32. The normalized spacial score (nSPS) is 19.2. The van der Waals surface area contributed by atoms with Crippen LogP contribution in [0.3, 0.4) is 0 Å². The maximum Gasteiger partial charge on any atom is 0.401 e. The Balaban J connectivity index is 0.00000192. The van der Waals surface area contributed by atoms with Crippen molar-refractivity contribution < 1.29 is 18.0 Å². The molecule has 0 spiro atoms. The van der Waals surface area contributed by atoms with Gasteiger partial charge in [0.2, 0.25) is 0 Å². The number of fused-ring (bicyclic) bond motifs is 1. The van der Waals surface area contributed by atoms with Gasteiger partial charge in [-0.15, -0.1) is 12.4 Å². The highest BCUT2D eigenvalue weighted by Gasteiger charge is 2.34. The van der Waals surface area contributed by atoms with Crippen LogP contribution in [-0.4, -0.2) is 71.3 Å². The molecule has 1 aromatic heterocycles. The van der Waals surface area contributed by atoms with E-state index >= 15 is 0 Å². The van der Waals surface area contributed by atoms with Crippen molar-refractivity contribution in [2.75, 3.05) is 39.3 Å². The maximum atomic E-state index is 12.5. The lowest BCUT2D eigenvalue weighted by Crippen LogP contribution is -2.51. The molecule has 1 fully saturated rings. The number of aromatic amines is 1. The lowest BCUT2D eigenvalue weighted by molar-refractivity contribution is -0.148. The summed E-state index contributed by atoms with van der Waals surface area (Å²) < 4.78 is 37.1. The lowest BCUT2D eigenvalue weighted by Gasteiger charge is -2.34. The smallest absolute Gasteiger partial charge is 0.335 e. The summed E-state index contributed by atoms with van der Waals surface area (Å²) in [6.07, 6.45) is -3.39. The van der Waals surface area contributed by atoms with Gasteiger partial charge in [-0.2, -0.15) is 18.3 Å². The van der Waals surface area contributed by atoms with Crippen molar-refractivity contribution in [3.63, 3.8) is 0 Å². The number of amides is 1. The average molecular weight is 354 g/mol. The molecule has 3 heterocycles. The molecule has 10 heteroatoms. The molecule has 0 aromatic carbocycles. The second kappa shape index (κ2) is 7.06. The minimum absolute atomic E-state index is 0. The molecule has 1 saturated heterocycles. The Kier molecular flexibility index (Phi) is 5.53. The van der Waals surface area contributed by atoms with E-state index in [-0.39, 0.29) is 31.4 Å². The molecule has 0 bridgehead atoms. The van der Waals surface area contributed by atoms with Gasteiger partial charge >= 0.3 is 6.18 Å². The first-order valence-electron chi connectivity index (χ1n) is 7.29. The standard InChI is InChI=1S/C13H18F3N5O.ClH/c14-13(15,16)8-20-3-5-21(6-4-20)12(22)11-9-7-17-2-1-10(9)18-19-11;/h17H,1-8H2,(H,18,19);1H. The number of hydrogen-bond acceptors (Lipinski definition) is 4. The fourth-order valence-electron chi connectivity index (χ4n) is 2.91. The number of piperazine rings is 1. The summed E-state index contributed by atoms with van der Waals surface area (Å²) in [5, 5.41) is 10.2. The van der Waals surface area contributed by atoms with Crippen molar-refractivity contribution in [3.8, 4) is 0 Å². The Bertz CT molecular complexity index is 554. The van der Waals surface area contributed by atoms with E-state index in [0.29, 0.717) is 25.3 Å². The third-order valence-electron chi connectivity index (χ3n) is 4.07. The first-order valence-corrected chi connectivity index (χ1v) is 7.29. The zero-order valence-corrected chi connectivity index (χ0v) is 13.3. The van der Waals surface area contributed by atoms with Crippen LogP contribution < -0.4 is 5.32 Å². The first-order chi connectivity index (χ1) is 10.4. The van der Waals surface area contributed by atoms with Gasteiger partial charge in [0.15, 0.2) is 5.69 Å². The summed E-state index contributed by atoms with van der Waals surface area (Å²) in [4.78, 5) is 15.4. The van der Waals surface area contributed by atoms with Gasteiger partial charge in [-0.3, -0.25) is 14.8 Å². The van der Waals surface area contributed by atoms with E-state index < -0.39 is 12.7 Å². The summed E-state index contributed by atoms with van der Waals surface area (Å²) in [6, 6.07) is 0. The van der Waals surface area contributed by atoms with Crippen molar-refractivity contribution in [3.05, 3.63) is 17.0 Å². The number of carbonyl (C=O) groups is 1. The van der Waals surface area contributed by atoms with Gasteiger partial charge in [-0.1, -0.05) is 0 Å². The van der Waals surface area contributed by atoms with Crippen molar-refractivity contribution >= 4 is 18.3 Å². The second-order valence-corrected chi connectivity index (χ2v) is 5.64. The molecule has 1 amide bonds. The Labute approximate surface area is 137 Å². The van der Waals surface area contributed by atoms with Gasteiger partial charge in [0, 0.05) is 56.9 Å². The van der Waals surface area contributed by atoms with Crippen LogP contribution in [0, 0.1) is 0 Å². The predicted octanol–water partition coefficient (Wildman–Crippen LogP) is 0.797. The second-order valence-electron chi connectivity index (χ2n) is 5.64. The number of rotatable bonds is 2. The van der Waals surface area contributed by atoms with Crippen molar-refractivity contribution in [1.29, 1.82) is 0 Å². The number of aromatic nitrogens is 2. The van der Waals surface area contributed by atoms with E-state index in [2.05, 4.69) is 15.5 Å². The molecule has 130 valence electrons. The number of carbonyl (C=O) groups excluding carboxylic acids is 1. The zero-order valence-electron chi connectivity index (χ0n) is 12.4. The molecule has 2 N–H and O–H groups in total. The monoisotopic (exact) mass is 353 g/mol. The molecule has 6 nitrogen and oxygen atoms in total. The average Bonchev–Trinajstić information content (AvgIpc) is 2.89. The van der Waals surface area contributed by atoms with Crippen LogP contribution in [0.4, 0.5) is 13.2 Å². The molecule has 3 rings (SSSR count). The highest BCUT2D eigenvalue weighted by Crippen LogP contribution is 2.20. The number of hydrogen-bond donors (Lipinski definition) is 2. The molecule has 0 atom stereocenters. The minimum atomic E-state index is -4.20. The van der Waals surface area contributed by atoms with Crippen molar-refractivity contribution in [1.82, 2.24) is 25.3 Å². The van der Waals surface area contributed by atoms with Crippen molar-refractivity contribution in [2.45, 2.75) is 19.1 Å². The number of H-pyrrole nitrogens is 1. The number of nitrogens with zero attached hydrogens (tertiary/aromatic N) is 3. The van der Waals surface area contributed by atoms with E-state index in [1.807, 2.05) is 0 Å². The zero-order chi connectivity index (χ0) is 15.7. The van der Waals surface area contributed by atoms with Gasteiger partial charge in [-0.25, -0.2) is 0 Å². The summed E-state index contributed by atoms with van der Waals surface area (Å²) in [5.41, 5.74) is 2.25. The van der Waals surface area contributed by atoms with E-state index in [0.717, 1.165) is 24.2 Å². The molecule has 0 unspecified atom stereocenters. The summed E-state index contributed by atoms with van der Waals surface area (Å²) in [7, 11) is 0. The summed E-state index contributed by atoms with van der Waals surface area (Å²) in [5.74, 6) is -0.201. The maximum absolute atomic E-state index is 12.5. The quantitative estimate of drug-likeness (QED) is 0.825. The van der Waals surface area contributed by atoms with Gasteiger partial charge in [0.1, 0.15) is 0 Å². The molecule has 0 saturated carbocycles. The van der Waals surface area contributed by atoms with Gasteiger partial charge < -0.3 is 10.2 Å². The fourth-order valence-corrected chi connectivity index (χ4v) is 2.91. The van der Waals surface area contributed by atoms with E-state index in [1.54, 1.807) is 4.90 Å². The highest BCUT2D eigenvalue weighted by atomic mass is 35.5. The third-order valence-corrected chi connectivity index (χ3v) is 4.07. The van der Waals surface area contributed by atoms with Gasteiger partial charge in [-0.05, 0) is 0 Å². The van der Waals surface area contributed by atoms with E-state index in [1.165, 1.54) is 4.90 Å². The van der Waals surface area contributed by atoms with Crippen molar-refractivity contribution in [2.24, 2.45) is 0 Å². The molecule has 2 aliphatic rings. The van der Waals surface area contributed by atoms with Crippen LogP contribution in [0.1, 0.15) is 21.7 Å². The summed E-state index contributed by atoms with van der Waals surface area (Å²) in [6.45, 7) is 1.58. The van der Waals surface area contributed by atoms with Crippen LogP contribution in [0.25, 0.3) is 0 Å². The van der Waals surface area contributed by atoms with Crippen LogP contribution in [0.2, 0.25) is 0 Å². The number of nitrogens with one attached hydrogen (secondary N) is 2. The lowest BCUT2D eigenvalue weighted by atomic mass is 10.1. The van der Waals surface area contributed by atoms with E-state index in [9.17, 15) is 18.0 Å². The van der Waals surface area contributed by atoms with Crippen LogP contribution in [0.5, 0.6) is 0 Å². The third kappa shape index (κ3) is 4.15. The fraction of sp³-hybridized carbons (Fsp3) is 0.692. The number of alkyl halides is 3. The Morgan fingerprint density at radius 2 is 1.91 bits per heavy atom. The topological polar surface area (TPSA) is 64.3 Å². The van der Waals surface area contributed by atoms with Gasteiger partial charge in [0.05, 0.1) is 6.54 Å². The first kappa shape index (κ1) is 18.0. The predicted molar refractivity (Wildman–Crippen MR) is 79.6 cm³/mol. The molecule has 1 aromatic rings. The molecular weight excluding hydrogens is 335 g/mol. The Morgan fingerprint density at radius 3 is 2.57 bits per heavy atom. The highest BCUT2D eigenvalue weighted by molar-refractivity contribution is 5.94. The summed E-state index contributed by atoms with van der Waals surface area (Å²) >= 11 is 0. The molecule has 0 radical (unpaired) electrons. The van der Waals surface area contributed by atoms with E-state index in [4.69, 9.17) is 0 Å². The molecular formula is C13H19ClF3N5O. The van der Waals surface area contributed by atoms with Crippen LogP contribution in [-0.2, 0) is 13.0 Å².